The minimum absolute atomic E-state index is 0.0467. The Morgan fingerprint density at radius 1 is 0.889 bits per heavy atom. The highest BCUT2D eigenvalue weighted by Gasteiger charge is 2.46. The normalized spacial score (nSPS) is 24.4. The molecule has 0 radical (unpaired) electrons. The van der Waals surface area contributed by atoms with Crippen LogP contribution < -0.4 is 20.9 Å². The number of hydrogen-bond acceptors (Lipinski definition) is 11. The molecule has 286 valence electrons. The van der Waals surface area contributed by atoms with Gasteiger partial charge in [-0.2, -0.15) is 9.61 Å². The Morgan fingerprint density at radius 2 is 1.65 bits per heavy atom. The van der Waals surface area contributed by atoms with E-state index in [0.29, 0.717) is 24.2 Å². The molecule has 4 aliphatic heterocycles. The molecule has 3 aromatic rings. The third-order valence-corrected chi connectivity index (χ3v) is 11.9. The second kappa shape index (κ2) is 15.5. The fraction of sp³-hybridized carbons (Fsp3) is 0.564. The molecule has 3 atom stereocenters. The van der Waals surface area contributed by atoms with Crippen LogP contribution in [0.4, 0.5) is 11.5 Å². The van der Waals surface area contributed by atoms with Crippen molar-refractivity contribution in [3.8, 4) is 0 Å². The third-order valence-electron chi connectivity index (χ3n) is 11.9. The lowest BCUT2D eigenvalue weighted by Gasteiger charge is -2.38. The lowest BCUT2D eigenvalue weighted by molar-refractivity contribution is -0.136. The molecule has 0 bridgehead atoms. The van der Waals surface area contributed by atoms with Crippen molar-refractivity contribution in [1.29, 1.82) is 0 Å². The molecule has 8 rings (SSSR count). The number of amides is 5. The molecule has 1 aliphatic carbocycles. The lowest BCUT2D eigenvalue weighted by Crippen LogP contribution is -2.54. The molecular formula is C39H50N10O5. The molecule has 54 heavy (non-hydrogen) atoms. The van der Waals surface area contributed by atoms with Gasteiger partial charge in [-0.1, -0.05) is 19.4 Å². The van der Waals surface area contributed by atoms with Crippen molar-refractivity contribution < 1.29 is 24.0 Å². The molecule has 15 heteroatoms. The van der Waals surface area contributed by atoms with Gasteiger partial charge in [0.25, 0.3) is 11.8 Å². The predicted molar refractivity (Wildman–Crippen MR) is 201 cm³/mol. The molecule has 3 N–H and O–H groups in total. The van der Waals surface area contributed by atoms with Crippen molar-refractivity contribution >= 4 is 46.7 Å². The Bertz CT molecular complexity index is 1930. The first kappa shape index (κ1) is 36.1. The van der Waals surface area contributed by atoms with Crippen LogP contribution in [0.25, 0.3) is 5.65 Å². The van der Waals surface area contributed by atoms with E-state index in [4.69, 9.17) is 4.98 Å². The number of anilines is 2. The molecule has 1 saturated carbocycles. The van der Waals surface area contributed by atoms with Gasteiger partial charge < -0.3 is 20.4 Å². The minimum atomic E-state index is -0.977. The first-order chi connectivity index (χ1) is 26.2. The molecule has 1 aromatic carbocycles. The molecule has 2 unspecified atom stereocenters. The average Bonchev–Trinajstić information content (AvgIpc) is 3.90. The van der Waals surface area contributed by atoms with Crippen LogP contribution >= 0.6 is 0 Å². The van der Waals surface area contributed by atoms with Crippen molar-refractivity contribution in [2.24, 2.45) is 5.92 Å². The maximum Gasteiger partial charge on any atom is 0.264 e. The SMILES string of the molecule is CCCc1cc(N[C@@H]2CCC(NC(=O)C3CCN(CCN4CCN(c5cccc6c5C(=O)N(C5CCC(=O)NC5=O)C6=O)CC4)CC3)C2)n2nccc2n1. The number of fused-ring (bicyclic) bond motifs is 2. The zero-order chi connectivity index (χ0) is 37.3. The number of aromatic nitrogens is 3. The quantitative estimate of drug-likeness (QED) is 0.247. The Morgan fingerprint density at radius 3 is 2.41 bits per heavy atom. The number of likely N-dealkylation sites (tertiary alicyclic amines) is 1. The first-order valence-electron chi connectivity index (χ1n) is 19.7. The summed E-state index contributed by atoms with van der Waals surface area (Å²) >= 11 is 0. The van der Waals surface area contributed by atoms with Gasteiger partial charge in [0, 0.05) is 81.5 Å². The van der Waals surface area contributed by atoms with Gasteiger partial charge in [-0.15, -0.1) is 0 Å². The Kier molecular flexibility index (Phi) is 10.3. The van der Waals surface area contributed by atoms with E-state index < -0.39 is 23.8 Å². The van der Waals surface area contributed by atoms with Crippen LogP contribution in [0.15, 0.2) is 36.5 Å². The van der Waals surface area contributed by atoms with Crippen LogP contribution in [0.2, 0.25) is 0 Å². The summed E-state index contributed by atoms with van der Waals surface area (Å²) in [5.74, 6) is -0.741. The monoisotopic (exact) mass is 738 g/mol. The number of carbonyl (C=O) groups excluding carboxylic acids is 5. The maximum absolute atomic E-state index is 13.6. The first-order valence-corrected chi connectivity index (χ1v) is 19.7. The Balaban J connectivity index is 0.765. The molecule has 2 aromatic heterocycles. The number of nitrogens with one attached hydrogen (secondary N) is 3. The number of aryl methyl sites for hydroxylation is 1. The van der Waals surface area contributed by atoms with E-state index in [1.165, 1.54) is 0 Å². The molecule has 5 aliphatic rings. The maximum atomic E-state index is 13.6. The van der Waals surface area contributed by atoms with Crippen molar-refractivity contribution in [2.75, 3.05) is 62.6 Å². The van der Waals surface area contributed by atoms with E-state index in [0.717, 1.165) is 112 Å². The topological polar surface area (TPSA) is 165 Å². The highest BCUT2D eigenvalue weighted by Crippen LogP contribution is 2.35. The molecule has 6 heterocycles. The summed E-state index contributed by atoms with van der Waals surface area (Å²) in [4.78, 5) is 77.2. The largest absolute Gasteiger partial charge is 0.368 e. The van der Waals surface area contributed by atoms with Crippen LogP contribution in [0.1, 0.15) is 84.7 Å². The predicted octanol–water partition coefficient (Wildman–Crippen LogP) is 2.07. The van der Waals surface area contributed by atoms with Gasteiger partial charge in [0.2, 0.25) is 17.7 Å². The van der Waals surface area contributed by atoms with Gasteiger partial charge in [-0.05, 0) is 70.2 Å². The molecule has 15 nitrogen and oxygen atoms in total. The van der Waals surface area contributed by atoms with E-state index in [1.807, 2.05) is 16.6 Å². The number of carbonyl (C=O) groups is 5. The smallest absolute Gasteiger partial charge is 0.264 e. The van der Waals surface area contributed by atoms with E-state index in [1.54, 1.807) is 18.3 Å². The minimum Gasteiger partial charge on any atom is -0.368 e. The fourth-order valence-corrected chi connectivity index (χ4v) is 8.90. The van der Waals surface area contributed by atoms with E-state index in [9.17, 15) is 24.0 Å². The van der Waals surface area contributed by atoms with Crippen molar-refractivity contribution in [1.82, 2.24) is 39.9 Å². The number of piperazine rings is 1. The van der Waals surface area contributed by atoms with Crippen LogP contribution in [-0.4, -0.2) is 129 Å². The van der Waals surface area contributed by atoms with Gasteiger partial charge in [0.15, 0.2) is 5.65 Å². The molecule has 3 saturated heterocycles. The lowest BCUT2D eigenvalue weighted by atomic mass is 9.95. The zero-order valence-corrected chi connectivity index (χ0v) is 31.0. The summed E-state index contributed by atoms with van der Waals surface area (Å²) in [6.45, 7) is 8.92. The van der Waals surface area contributed by atoms with Crippen LogP contribution in [0.5, 0.6) is 0 Å². The molecular weight excluding hydrogens is 688 g/mol. The second-order valence-electron chi connectivity index (χ2n) is 15.4. The third kappa shape index (κ3) is 7.30. The Labute approximate surface area is 314 Å². The number of piperidine rings is 2. The average molecular weight is 739 g/mol. The second-order valence-corrected chi connectivity index (χ2v) is 15.4. The number of imide groups is 2. The summed E-state index contributed by atoms with van der Waals surface area (Å²) in [5.41, 5.74) is 3.29. The van der Waals surface area contributed by atoms with E-state index in [-0.39, 0.29) is 42.7 Å². The van der Waals surface area contributed by atoms with Crippen molar-refractivity contribution in [3.63, 3.8) is 0 Å². The molecule has 4 fully saturated rings. The number of hydrogen-bond donors (Lipinski definition) is 3. The van der Waals surface area contributed by atoms with Crippen molar-refractivity contribution in [3.05, 3.63) is 53.3 Å². The summed E-state index contributed by atoms with van der Waals surface area (Å²) in [6.07, 6.45) is 8.57. The Hall–Kier alpha value is -4.89. The highest BCUT2D eigenvalue weighted by atomic mass is 16.2. The summed E-state index contributed by atoms with van der Waals surface area (Å²) in [7, 11) is 0. The van der Waals surface area contributed by atoms with Gasteiger partial charge >= 0.3 is 0 Å². The summed E-state index contributed by atoms with van der Waals surface area (Å²) in [6, 6.07) is 8.82. The van der Waals surface area contributed by atoms with Crippen LogP contribution in [0, 0.1) is 5.92 Å². The summed E-state index contributed by atoms with van der Waals surface area (Å²) < 4.78 is 1.86. The van der Waals surface area contributed by atoms with Gasteiger partial charge in [-0.3, -0.25) is 39.1 Å². The number of nitrogens with zero attached hydrogens (tertiary/aromatic N) is 7. The van der Waals surface area contributed by atoms with Gasteiger partial charge in [-0.25, -0.2) is 4.98 Å². The van der Waals surface area contributed by atoms with Crippen LogP contribution in [0.3, 0.4) is 0 Å². The number of rotatable bonds is 11. The standard InChI is InChI=1S/C39H50N10O5/c1-2-4-26-24-33(49-32(41-26)11-14-40-49)42-27-7-8-28(23-27)43-36(51)25-12-15-45(16-13-25)17-18-46-19-21-47(22-20-46)30-6-3-5-29-35(30)39(54)48(38(29)53)31-9-10-34(50)44-37(31)52/h3,5-6,11,14,24-25,27-28,31,42H,2,4,7-10,12-13,15-23H2,1H3,(H,43,51)(H,44,50,52)/t27-,28?,31?/m1/s1. The number of benzene rings is 1. The molecule has 0 spiro atoms. The van der Waals surface area contributed by atoms with Crippen molar-refractivity contribution in [2.45, 2.75) is 82.8 Å². The zero-order valence-electron chi connectivity index (χ0n) is 31.0. The highest BCUT2D eigenvalue weighted by molar-refractivity contribution is 6.25. The van der Waals surface area contributed by atoms with Gasteiger partial charge in [0.05, 0.1) is 23.0 Å². The van der Waals surface area contributed by atoms with Gasteiger partial charge in [0.1, 0.15) is 11.9 Å². The van der Waals surface area contributed by atoms with Crippen LogP contribution in [-0.2, 0) is 20.8 Å². The van der Waals surface area contributed by atoms with E-state index >= 15 is 0 Å². The molecule has 5 amide bonds. The summed E-state index contributed by atoms with van der Waals surface area (Å²) in [5, 5.41) is 13.8. The van der Waals surface area contributed by atoms with E-state index in [2.05, 4.69) is 48.7 Å². The fourth-order valence-electron chi connectivity index (χ4n) is 8.90.